The molecular weight excluding hydrogens is 260 g/mol. The molecule has 2 aliphatic rings. The third-order valence-electron chi connectivity index (χ3n) is 5.04. The second-order valence-corrected chi connectivity index (χ2v) is 6.89. The standard InChI is InChI=1S/C18H28N2O/c1-16-6-5-7-17(14-16)20-12-10-19(11-13-20)15-18(21)8-3-2-4-9-18/h5-7,14,21H,2-4,8-13,15H2,1H3. The molecule has 1 saturated heterocycles. The Balaban J connectivity index is 1.53. The van der Waals surface area contributed by atoms with E-state index in [4.69, 9.17) is 0 Å². The van der Waals surface area contributed by atoms with Gasteiger partial charge in [0.1, 0.15) is 0 Å². The first-order chi connectivity index (χ1) is 10.1. The van der Waals surface area contributed by atoms with E-state index in [1.54, 1.807) is 0 Å². The summed E-state index contributed by atoms with van der Waals surface area (Å²) < 4.78 is 0. The van der Waals surface area contributed by atoms with E-state index in [-0.39, 0.29) is 0 Å². The lowest BCUT2D eigenvalue weighted by atomic mass is 9.84. The number of aliphatic hydroxyl groups is 1. The van der Waals surface area contributed by atoms with Gasteiger partial charge in [-0.15, -0.1) is 0 Å². The van der Waals surface area contributed by atoms with Crippen LogP contribution in [0, 0.1) is 6.92 Å². The molecule has 116 valence electrons. The Hall–Kier alpha value is -1.06. The second kappa shape index (κ2) is 6.37. The molecule has 3 rings (SSSR count). The predicted molar refractivity (Wildman–Crippen MR) is 87.9 cm³/mol. The summed E-state index contributed by atoms with van der Waals surface area (Å²) in [4.78, 5) is 4.92. The molecule has 1 N–H and O–H groups in total. The molecule has 1 aromatic rings. The van der Waals surface area contributed by atoms with E-state index in [1.807, 2.05) is 0 Å². The summed E-state index contributed by atoms with van der Waals surface area (Å²) in [6.45, 7) is 7.29. The van der Waals surface area contributed by atoms with Gasteiger partial charge in [-0.05, 0) is 37.5 Å². The first-order valence-corrected chi connectivity index (χ1v) is 8.41. The lowest BCUT2D eigenvalue weighted by Crippen LogP contribution is -2.52. The van der Waals surface area contributed by atoms with Crippen LogP contribution in [0.1, 0.15) is 37.7 Å². The Bertz CT molecular complexity index is 460. The smallest absolute Gasteiger partial charge is 0.0774 e. The summed E-state index contributed by atoms with van der Waals surface area (Å²) in [5.41, 5.74) is 2.25. The molecule has 21 heavy (non-hydrogen) atoms. The Morgan fingerprint density at radius 1 is 1.05 bits per heavy atom. The number of nitrogens with zero attached hydrogens (tertiary/aromatic N) is 2. The van der Waals surface area contributed by atoms with Crippen molar-refractivity contribution in [3.05, 3.63) is 29.8 Å². The van der Waals surface area contributed by atoms with E-state index in [9.17, 15) is 5.11 Å². The summed E-state index contributed by atoms with van der Waals surface area (Å²) >= 11 is 0. The van der Waals surface area contributed by atoms with Crippen LogP contribution in [0.5, 0.6) is 0 Å². The average Bonchev–Trinajstić information content (AvgIpc) is 2.48. The van der Waals surface area contributed by atoms with E-state index in [0.717, 1.165) is 45.6 Å². The van der Waals surface area contributed by atoms with Crippen LogP contribution in [0.4, 0.5) is 5.69 Å². The third-order valence-corrected chi connectivity index (χ3v) is 5.04. The van der Waals surface area contributed by atoms with Crippen molar-refractivity contribution in [2.75, 3.05) is 37.6 Å². The molecule has 1 heterocycles. The van der Waals surface area contributed by atoms with Crippen LogP contribution in [0.2, 0.25) is 0 Å². The maximum absolute atomic E-state index is 10.7. The molecule has 1 aromatic carbocycles. The molecule has 2 fully saturated rings. The average molecular weight is 288 g/mol. The van der Waals surface area contributed by atoms with Crippen molar-refractivity contribution in [3.63, 3.8) is 0 Å². The highest BCUT2D eigenvalue weighted by atomic mass is 16.3. The van der Waals surface area contributed by atoms with Crippen molar-refractivity contribution in [2.45, 2.75) is 44.6 Å². The Kier molecular flexibility index (Phi) is 4.51. The first-order valence-electron chi connectivity index (χ1n) is 8.41. The van der Waals surface area contributed by atoms with Crippen molar-refractivity contribution < 1.29 is 5.11 Å². The minimum absolute atomic E-state index is 0.413. The molecule has 0 amide bonds. The number of hydrogen-bond donors (Lipinski definition) is 1. The number of benzene rings is 1. The minimum atomic E-state index is -0.413. The second-order valence-electron chi connectivity index (χ2n) is 6.89. The number of β-amino-alcohol motifs (C(OH)–C–C–N with tert-alkyl or cyclic N) is 1. The van der Waals surface area contributed by atoms with E-state index in [1.165, 1.54) is 30.5 Å². The fourth-order valence-corrected chi connectivity index (χ4v) is 3.77. The number of aryl methyl sites for hydroxylation is 1. The van der Waals surface area contributed by atoms with Crippen molar-refractivity contribution in [1.82, 2.24) is 4.90 Å². The molecule has 0 bridgehead atoms. The van der Waals surface area contributed by atoms with Gasteiger partial charge < -0.3 is 10.0 Å². The van der Waals surface area contributed by atoms with Gasteiger partial charge in [0.2, 0.25) is 0 Å². The minimum Gasteiger partial charge on any atom is -0.389 e. The molecule has 1 saturated carbocycles. The molecule has 0 radical (unpaired) electrons. The highest BCUT2D eigenvalue weighted by Crippen LogP contribution is 2.29. The van der Waals surface area contributed by atoms with Crippen molar-refractivity contribution in [3.8, 4) is 0 Å². The van der Waals surface area contributed by atoms with Crippen molar-refractivity contribution >= 4 is 5.69 Å². The van der Waals surface area contributed by atoms with Gasteiger partial charge in [-0.3, -0.25) is 4.90 Å². The highest BCUT2D eigenvalue weighted by molar-refractivity contribution is 5.48. The van der Waals surface area contributed by atoms with Gasteiger partial charge in [-0.1, -0.05) is 31.4 Å². The molecule has 1 aliphatic carbocycles. The van der Waals surface area contributed by atoms with Gasteiger partial charge in [-0.25, -0.2) is 0 Å². The van der Waals surface area contributed by atoms with E-state index in [2.05, 4.69) is 41.0 Å². The normalized spacial score (nSPS) is 23.2. The number of rotatable bonds is 3. The fourth-order valence-electron chi connectivity index (χ4n) is 3.77. The van der Waals surface area contributed by atoms with Gasteiger partial charge in [0, 0.05) is 38.4 Å². The number of hydrogen-bond acceptors (Lipinski definition) is 3. The SMILES string of the molecule is Cc1cccc(N2CCN(CC3(O)CCCCC3)CC2)c1. The van der Waals surface area contributed by atoms with Gasteiger partial charge in [0.15, 0.2) is 0 Å². The molecule has 0 atom stereocenters. The van der Waals surface area contributed by atoms with E-state index >= 15 is 0 Å². The molecule has 3 heteroatoms. The van der Waals surface area contributed by atoms with Gasteiger partial charge in [-0.2, -0.15) is 0 Å². The quantitative estimate of drug-likeness (QED) is 0.926. The van der Waals surface area contributed by atoms with Crippen molar-refractivity contribution in [2.24, 2.45) is 0 Å². The van der Waals surface area contributed by atoms with Gasteiger partial charge in [0.05, 0.1) is 5.60 Å². The van der Waals surface area contributed by atoms with Crippen LogP contribution < -0.4 is 4.90 Å². The van der Waals surface area contributed by atoms with Crippen LogP contribution in [-0.2, 0) is 0 Å². The van der Waals surface area contributed by atoms with E-state index < -0.39 is 5.60 Å². The summed E-state index contributed by atoms with van der Waals surface area (Å²) in [7, 11) is 0. The Labute approximate surface area is 128 Å². The van der Waals surface area contributed by atoms with Gasteiger partial charge >= 0.3 is 0 Å². The Morgan fingerprint density at radius 2 is 1.76 bits per heavy atom. The van der Waals surface area contributed by atoms with Crippen LogP contribution >= 0.6 is 0 Å². The lowest BCUT2D eigenvalue weighted by molar-refractivity contribution is -0.0271. The first kappa shape index (κ1) is 14.9. The summed E-state index contributed by atoms with van der Waals surface area (Å²) in [6, 6.07) is 8.77. The maximum Gasteiger partial charge on any atom is 0.0774 e. The van der Waals surface area contributed by atoms with Crippen LogP contribution in [0.15, 0.2) is 24.3 Å². The predicted octanol–water partition coefficient (Wildman–Crippen LogP) is 2.81. The van der Waals surface area contributed by atoms with Gasteiger partial charge in [0.25, 0.3) is 0 Å². The molecule has 0 aromatic heterocycles. The van der Waals surface area contributed by atoms with Crippen LogP contribution in [0.3, 0.4) is 0 Å². The largest absolute Gasteiger partial charge is 0.389 e. The molecule has 3 nitrogen and oxygen atoms in total. The van der Waals surface area contributed by atoms with Crippen LogP contribution in [-0.4, -0.2) is 48.3 Å². The number of anilines is 1. The monoisotopic (exact) mass is 288 g/mol. The summed E-state index contributed by atoms with van der Waals surface area (Å²) in [5.74, 6) is 0. The van der Waals surface area contributed by atoms with Crippen LogP contribution in [0.25, 0.3) is 0 Å². The zero-order valence-electron chi connectivity index (χ0n) is 13.2. The zero-order valence-corrected chi connectivity index (χ0v) is 13.2. The third kappa shape index (κ3) is 3.78. The fraction of sp³-hybridized carbons (Fsp3) is 0.667. The van der Waals surface area contributed by atoms with Crippen molar-refractivity contribution in [1.29, 1.82) is 0 Å². The summed E-state index contributed by atoms with van der Waals surface area (Å²) in [6.07, 6.45) is 5.67. The highest BCUT2D eigenvalue weighted by Gasteiger charge is 2.32. The molecule has 0 spiro atoms. The molecule has 1 aliphatic heterocycles. The molecular formula is C18H28N2O. The molecule has 0 unspecified atom stereocenters. The number of piperazine rings is 1. The zero-order chi connectivity index (χ0) is 14.7. The Morgan fingerprint density at radius 3 is 2.43 bits per heavy atom. The van der Waals surface area contributed by atoms with E-state index in [0.29, 0.717) is 0 Å². The topological polar surface area (TPSA) is 26.7 Å². The summed E-state index contributed by atoms with van der Waals surface area (Å²) in [5, 5.41) is 10.7. The maximum atomic E-state index is 10.7. The lowest BCUT2D eigenvalue weighted by Gasteiger charge is -2.41.